The van der Waals surface area contributed by atoms with E-state index in [1.165, 1.54) is 0 Å². The third-order valence-corrected chi connectivity index (χ3v) is 2.73. The zero-order valence-corrected chi connectivity index (χ0v) is 10.6. The van der Waals surface area contributed by atoms with E-state index in [4.69, 9.17) is 10.5 Å². The van der Waals surface area contributed by atoms with Crippen LogP contribution in [0.3, 0.4) is 0 Å². The van der Waals surface area contributed by atoms with Gasteiger partial charge in [-0.25, -0.2) is 4.98 Å². The van der Waals surface area contributed by atoms with Crippen molar-refractivity contribution in [2.45, 2.75) is 32.9 Å². The fraction of sp³-hybridized carbons (Fsp3) is 0.462. The van der Waals surface area contributed by atoms with Gasteiger partial charge in [-0.3, -0.25) is 0 Å². The second kappa shape index (κ2) is 4.37. The van der Waals surface area contributed by atoms with Crippen LogP contribution in [0.15, 0.2) is 24.5 Å². The molecule has 2 aromatic rings. The first kappa shape index (κ1) is 11.9. The van der Waals surface area contributed by atoms with E-state index in [1.807, 2.05) is 31.5 Å². The Morgan fingerprint density at radius 2 is 2.18 bits per heavy atom. The smallest absolute Gasteiger partial charge is 0.0959 e. The maximum Gasteiger partial charge on any atom is 0.0959 e. The topological polar surface area (TPSA) is 53.1 Å². The van der Waals surface area contributed by atoms with Gasteiger partial charge in [-0.2, -0.15) is 0 Å². The average molecular weight is 233 g/mol. The van der Waals surface area contributed by atoms with Gasteiger partial charge in [0.15, 0.2) is 0 Å². The van der Waals surface area contributed by atoms with Gasteiger partial charge in [-0.05, 0) is 39.0 Å². The van der Waals surface area contributed by atoms with Crippen molar-refractivity contribution >= 4 is 16.7 Å². The van der Waals surface area contributed by atoms with Crippen LogP contribution in [0.1, 0.15) is 20.8 Å². The molecule has 4 heteroatoms. The van der Waals surface area contributed by atoms with Crippen molar-refractivity contribution < 1.29 is 4.74 Å². The summed E-state index contributed by atoms with van der Waals surface area (Å²) in [6.45, 7) is 7.67. The van der Waals surface area contributed by atoms with Gasteiger partial charge in [0.05, 0.1) is 29.5 Å². The first-order valence-electron chi connectivity index (χ1n) is 5.86. The van der Waals surface area contributed by atoms with Crippen molar-refractivity contribution in [1.29, 1.82) is 0 Å². The Hall–Kier alpha value is -1.55. The van der Waals surface area contributed by atoms with Crippen molar-refractivity contribution in [3.8, 4) is 0 Å². The number of benzene rings is 1. The van der Waals surface area contributed by atoms with Gasteiger partial charge in [0.25, 0.3) is 0 Å². The Balaban J connectivity index is 2.31. The predicted octanol–water partition coefficient (Wildman–Crippen LogP) is 2.43. The number of aromatic nitrogens is 2. The Kier molecular flexibility index (Phi) is 3.07. The summed E-state index contributed by atoms with van der Waals surface area (Å²) >= 11 is 0. The number of ether oxygens (including phenoxy) is 1. The number of hydrogen-bond acceptors (Lipinski definition) is 3. The lowest BCUT2D eigenvalue weighted by molar-refractivity contribution is -0.0216. The number of fused-ring (bicyclic) bond motifs is 1. The molecule has 0 unspecified atom stereocenters. The highest BCUT2D eigenvalue weighted by Gasteiger charge is 2.19. The van der Waals surface area contributed by atoms with Crippen molar-refractivity contribution in [1.82, 2.24) is 9.55 Å². The number of anilines is 1. The molecule has 0 amide bonds. The van der Waals surface area contributed by atoms with Crippen molar-refractivity contribution in [3.05, 3.63) is 24.5 Å². The monoisotopic (exact) mass is 233 g/mol. The fourth-order valence-corrected chi connectivity index (χ4v) is 2.05. The Morgan fingerprint density at radius 3 is 2.88 bits per heavy atom. The molecule has 0 saturated carbocycles. The summed E-state index contributed by atoms with van der Waals surface area (Å²) in [5.74, 6) is 0. The molecule has 92 valence electrons. The lowest BCUT2D eigenvalue weighted by atomic mass is 10.1. The molecule has 0 radical (unpaired) electrons. The molecule has 17 heavy (non-hydrogen) atoms. The van der Waals surface area contributed by atoms with Gasteiger partial charge in [0.1, 0.15) is 0 Å². The zero-order chi connectivity index (χ0) is 12.5. The minimum Gasteiger partial charge on any atom is -0.399 e. The van der Waals surface area contributed by atoms with Gasteiger partial charge in [0, 0.05) is 12.3 Å². The first-order chi connectivity index (χ1) is 8.02. The predicted molar refractivity (Wildman–Crippen MR) is 69.9 cm³/mol. The summed E-state index contributed by atoms with van der Waals surface area (Å²) in [6.07, 6.45) is 1.84. The van der Waals surface area contributed by atoms with E-state index in [-0.39, 0.29) is 5.60 Å². The molecule has 4 nitrogen and oxygen atoms in total. The van der Waals surface area contributed by atoms with Crippen molar-refractivity contribution in [2.75, 3.05) is 12.3 Å². The first-order valence-corrected chi connectivity index (χ1v) is 5.86. The van der Waals surface area contributed by atoms with E-state index in [2.05, 4.69) is 23.4 Å². The summed E-state index contributed by atoms with van der Waals surface area (Å²) in [6, 6.07) is 5.79. The third kappa shape index (κ3) is 2.58. The largest absolute Gasteiger partial charge is 0.399 e. The maximum absolute atomic E-state index is 5.73. The Morgan fingerprint density at radius 1 is 1.41 bits per heavy atom. The summed E-state index contributed by atoms with van der Waals surface area (Å²) in [7, 11) is 0. The third-order valence-electron chi connectivity index (χ3n) is 2.73. The molecule has 2 N–H and O–H groups in total. The van der Waals surface area contributed by atoms with Crippen LogP contribution in [0.5, 0.6) is 0 Å². The van der Waals surface area contributed by atoms with Crippen molar-refractivity contribution in [3.63, 3.8) is 0 Å². The number of imidazole rings is 1. The van der Waals surface area contributed by atoms with Crippen LogP contribution < -0.4 is 5.73 Å². The summed E-state index contributed by atoms with van der Waals surface area (Å²) in [5, 5.41) is 0. The summed E-state index contributed by atoms with van der Waals surface area (Å²) in [4.78, 5) is 4.35. The molecule has 0 atom stereocenters. The van der Waals surface area contributed by atoms with Crippen LogP contribution in [-0.2, 0) is 11.3 Å². The number of rotatable bonds is 4. The molecular weight excluding hydrogens is 214 g/mol. The number of nitrogen functional groups attached to an aromatic ring is 1. The number of hydrogen-bond donors (Lipinski definition) is 1. The van der Waals surface area contributed by atoms with Crippen LogP contribution in [0.4, 0.5) is 5.69 Å². The molecule has 2 rings (SSSR count). The van der Waals surface area contributed by atoms with Gasteiger partial charge < -0.3 is 15.0 Å². The minimum absolute atomic E-state index is 0.191. The molecule has 0 spiro atoms. The molecule has 0 aliphatic heterocycles. The Labute approximate surface area is 101 Å². The lowest BCUT2D eigenvalue weighted by Crippen LogP contribution is -2.30. The fourth-order valence-electron chi connectivity index (χ4n) is 2.05. The zero-order valence-electron chi connectivity index (χ0n) is 10.6. The molecule has 0 bridgehead atoms. The normalized spacial score (nSPS) is 12.2. The van der Waals surface area contributed by atoms with Crippen LogP contribution in [-0.4, -0.2) is 21.8 Å². The maximum atomic E-state index is 5.73. The molecule has 1 aromatic heterocycles. The van der Waals surface area contributed by atoms with Gasteiger partial charge >= 0.3 is 0 Å². The van der Waals surface area contributed by atoms with Gasteiger partial charge in [-0.15, -0.1) is 0 Å². The number of nitrogens with zero attached hydrogens (tertiary/aromatic N) is 2. The van der Waals surface area contributed by atoms with E-state index >= 15 is 0 Å². The highest BCUT2D eigenvalue weighted by molar-refractivity contribution is 5.78. The highest BCUT2D eigenvalue weighted by atomic mass is 16.5. The molecule has 0 saturated heterocycles. The summed E-state index contributed by atoms with van der Waals surface area (Å²) < 4.78 is 7.80. The van der Waals surface area contributed by atoms with E-state index in [9.17, 15) is 0 Å². The molecular formula is C13H19N3O. The lowest BCUT2D eigenvalue weighted by Gasteiger charge is -2.25. The van der Waals surface area contributed by atoms with E-state index in [0.717, 1.165) is 23.3 Å². The standard InChI is InChI=1S/C13H19N3O/c1-4-17-13(2,3)8-16-9-15-11-7-10(14)5-6-12(11)16/h5-7,9H,4,8,14H2,1-3H3. The van der Waals surface area contributed by atoms with Gasteiger partial charge in [-0.1, -0.05) is 0 Å². The van der Waals surface area contributed by atoms with E-state index < -0.39 is 0 Å². The quantitative estimate of drug-likeness (QED) is 0.825. The van der Waals surface area contributed by atoms with Crippen LogP contribution in [0, 0.1) is 0 Å². The van der Waals surface area contributed by atoms with Gasteiger partial charge in [0.2, 0.25) is 0 Å². The highest BCUT2D eigenvalue weighted by Crippen LogP contribution is 2.20. The second-order valence-electron chi connectivity index (χ2n) is 4.81. The van der Waals surface area contributed by atoms with Crippen LogP contribution in [0.25, 0.3) is 11.0 Å². The van der Waals surface area contributed by atoms with E-state index in [0.29, 0.717) is 6.61 Å². The Bertz CT molecular complexity index is 516. The average Bonchev–Trinajstić information content (AvgIpc) is 2.60. The van der Waals surface area contributed by atoms with E-state index in [1.54, 1.807) is 0 Å². The molecule has 0 aliphatic rings. The summed E-state index contributed by atoms with van der Waals surface area (Å²) in [5.41, 5.74) is 8.30. The minimum atomic E-state index is -0.191. The molecule has 0 aliphatic carbocycles. The SMILES string of the molecule is CCOC(C)(C)Cn1cnc2cc(N)ccc21. The second-order valence-corrected chi connectivity index (χ2v) is 4.81. The van der Waals surface area contributed by atoms with Crippen molar-refractivity contribution in [2.24, 2.45) is 0 Å². The van der Waals surface area contributed by atoms with Crippen LogP contribution in [0.2, 0.25) is 0 Å². The molecule has 1 heterocycles. The molecule has 0 fully saturated rings. The van der Waals surface area contributed by atoms with Crippen LogP contribution >= 0.6 is 0 Å². The number of nitrogens with two attached hydrogens (primary N) is 1. The molecule has 1 aromatic carbocycles.